The summed E-state index contributed by atoms with van der Waals surface area (Å²) in [5.41, 5.74) is 3.30. The van der Waals surface area contributed by atoms with Crippen molar-refractivity contribution >= 4 is 35.7 Å². The molecule has 6 heteroatoms. The third kappa shape index (κ3) is 2.87. The van der Waals surface area contributed by atoms with Crippen molar-refractivity contribution in [2.75, 3.05) is 0 Å². The van der Waals surface area contributed by atoms with Gasteiger partial charge >= 0.3 is 0 Å². The molecular weight excluding hydrogens is 285 g/mol. The van der Waals surface area contributed by atoms with Gasteiger partial charge in [0, 0.05) is 11.6 Å². The minimum Gasteiger partial charge on any atom is -0.392 e. The Morgan fingerprint density at radius 3 is 2.58 bits per heavy atom. The van der Waals surface area contributed by atoms with Gasteiger partial charge in [0.2, 0.25) is 0 Å². The number of hydrogen-bond donors (Lipinski definition) is 2. The summed E-state index contributed by atoms with van der Waals surface area (Å²) in [5.74, 6) is 0. The number of nitrogens with one attached hydrogen (secondary N) is 1. The summed E-state index contributed by atoms with van der Waals surface area (Å²) < 4.78 is 0. The van der Waals surface area contributed by atoms with E-state index in [0.29, 0.717) is 0 Å². The van der Waals surface area contributed by atoms with E-state index in [1.165, 1.54) is 0 Å². The lowest BCUT2D eigenvalue weighted by molar-refractivity contribution is 0.283. The normalized spacial score (nSPS) is 9.74. The molecule has 100 valence electrons. The van der Waals surface area contributed by atoms with E-state index < -0.39 is 0 Å². The highest BCUT2D eigenvalue weighted by Crippen LogP contribution is 2.23. The van der Waals surface area contributed by atoms with Crippen LogP contribution in [0.4, 0.5) is 0 Å². The van der Waals surface area contributed by atoms with Crippen molar-refractivity contribution in [3.63, 3.8) is 0 Å². The van der Waals surface area contributed by atoms with Crippen molar-refractivity contribution in [2.24, 2.45) is 0 Å². The lowest BCUT2D eigenvalue weighted by Crippen LogP contribution is -1.92. The Morgan fingerprint density at radius 2 is 1.89 bits per heavy atom. The number of fused-ring (bicyclic) bond motifs is 1. The van der Waals surface area contributed by atoms with Crippen LogP contribution in [0.5, 0.6) is 0 Å². The number of benzene rings is 1. The molecule has 0 amide bonds. The predicted octanol–water partition coefficient (Wildman–Crippen LogP) is 2.96. The average molecular weight is 298 g/mol. The van der Waals surface area contributed by atoms with Gasteiger partial charge in [-0.3, -0.25) is 0 Å². The molecule has 0 saturated carbocycles. The van der Waals surface area contributed by atoms with Gasteiger partial charge < -0.3 is 10.1 Å². The van der Waals surface area contributed by atoms with Gasteiger partial charge in [-0.05, 0) is 17.7 Å². The number of hydrogen-bond acceptors (Lipinski definition) is 3. The van der Waals surface area contributed by atoms with Crippen LogP contribution in [0.25, 0.3) is 22.3 Å². The maximum Gasteiger partial charge on any atom is 0.106 e. The largest absolute Gasteiger partial charge is 0.392 e. The van der Waals surface area contributed by atoms with Crippen LogP contribution in [0, 0.1) is 0 Å². The topological polar surface area (TPSA) is 61.8 Å². The third-order valence-electron chi connectivity index (χ3n) is 2.73. The quantitative estimate of drug-likeness (QED) is 0.764. The fourth-order valence-corrected chi connectivity index (χ4v) is 1.91. The number of nitrogens with zero attached hydrogens (tertiary/aromatic N) is 2. The minimum atomic E-state index is 0. The summed E-state index contributed by atoms with van der Waals surface area (Å²) in [6.07, 6.45) is 3.41. The van der Waals surface area contributed by atoms with Crippen molar-refractivity contribution in [3.05, 3.63) is 48.4 Å². The van der Waals surface area contributed by atoms with Gasteiger partial charge in [-0.1, -0.05) is 18.2 Å². The first kappa shape index (κ1) is 15.4. The maximum atomic E-state index is 9.40. The molecule has 0 aliphatic rings. The molecule has 0 spiro atoms. The number of aliphatic hydroxyl groups excluding tert-OH is 1. The summed E-state index contributed by atoms with van der Waals surface area (Å²) in [6, 6.07) is 9.65. The second-order valence-electron chi connectivity index (χ2n) is 3.80. The van der Waals surface area contributed by atoms with E-state index in [4.69, 9.17) is 0 Å². The molecule has 3 rings (SSSR count). The van der Waals surface area contributed by atoms with Crippen LogP contribution in [0.15, 0.2) is 42.9 Å². The van der Waals surface area contributed by atoms with Crippen molar-refractivity contribution in [1.29, 1.82) is 0 Å². The zero-order valence-electron chi connectivity index (χ0n) is 9.91. The molecule has 0 bridgehead atoms. The number of rotatable bonds is 2. The van der Waals surface area contributed by atoms with Gasteiger partial charge in [-0.15, -0.1) is 24.8 Å². The van der Waals surface area contributed by atoms with E-state index in [1.807, 2.05) is 30.3 Å². The molecule has 19 heavy (non-hydrogen) atoms. The second kappa shape index (κ2) is 6.52. The van der Waals surface area contributed by atoms with E-state index in [2.05, 4.69) is 15.0 Å². The molecule has 0 saturated heterocycles. The summed E-state index contributed by atoms with van der Waals surface area (Å²) in [6.45, 7) is 0.000453. The van der Waals surface area contributed by atoms with E-state index in [0.717, 1.165) is 27.9 Å². The number of aromatic amines is 1. The highest BCUT2D eigenvalue weighted by molar-refractivity contribution is 5.86. The first-order chi connectivity index (χ1) is 8.38. The molecule has 0 radical (unpaired) electrons. The lowest BCUT2D eigenvalue weighted by atomic mass is 10.1. The summed E-state index contributed by atoms with van der Waals surface area (Å²) in [4.78, 5) is 11.6. The van der Waals surface area contributed by atoms with Crippen molar-refractivity contribution in [3.8, 4) is 11.4 Å². The number of pyridine rings is 1. The second-order valence-corrected chi connectivity index (χ2v) is 3.80. The van der Waals surface area contributed by atoms with Gasteiger partial charge in [0.25, 0.3) is 0 Å². The fourth-order valence-electron chi connectivity index (χ4n) is 1.91. The van der Waals surface area contributed by atoms with Gasteiger partial charge in [0.15, 0.2) is 0 Å². The SMILES string of the molecule is Cl.Cl.OCc1cc(-c2c[nH]cn2)nc2ccccc12. The molecule has 0 unspecified atom stereocenters. The molecule has 2 aromatic heterocycles. The number of imidazole rings is 1. The fraction of sp³-hybridized carbons (Fsp3) is 0.0769. The van der Waals surface area contributed by atoms with E-state index in [9.17, 15) is 5.11 Å². The average Bonchev–Trinajstić information content (AvgIpc) is 2.91. The Kier molecular flexibility index (Phi) is 5.30. The van der Waals surface area contributed by atoms with Gasteiger partial charge in [-0.25, -0.2) is 9.97 Å². The van der Waals surface area contributed by atoms with Crippen LogP contribution < -0.4 is 0 Å². The zero-order chi connectivity index (χ0) is 11.7. The summed E-state index contributed by atoms with van der Waals surface area (Å²) in [7, 11) is 0. The van der Waals surface area contributed by atoms with Crippen LogP contribution >= 0.6 is 24.8 Å². The minimum absolute atomic E-state index is 0. The number of para-hydroxylation sites is 1. The smallest absolute Gasteiger partial charge is 0.106 e. The predicted molar refractivity (Wildman–Crippen MR) is 79.7 cm³/mol. The molecule has 2 heterocycles. The molecule has 0 aliphatic carbocycles. The molecule has 3 aromatic rings. The number of H-pyrrole nitrogens is 1. The van der Waals surface area contributed by atoms with E-state index in [-0.39, 0.29) is 31.4 Å². The summed E-state index contributed by atoms with van der Waals surface area (Å²) in [5, 5.41) is 10.4. The van der Waals surface area contributed by atoms with E-state index in [1.54, 1.807) is 12.5 Å². The Labute approximate surface area is 122 Å². The van der Waals surface area contributed by atoms with Crippen molar-refractivity contribution in [2.45, 2.75) is 6.61 Å². The molecule has 0 fully saturated rings. The first-order valence-corrected chi connectivity index (χ1v) is 5.37. The monoisotopic (exact) mass is 297 g/mol. The molecule has 0 atom stereocenters. The van der Waals surface area contributed by atoms with Crippen LogP contribution in [0.3, 0.4) is 0 Å². The number of halogens is 2. The Hall–Kier alpha value is -1.62. The van der Waals surface area contributed by atoms with E-state index >= 15 is 0 Å². The molecule has 4 nitrogen and oxygen atoms in total. The van der Waals surface area contributed by atoms with Crippen molar-refractivity contribution in [1.82, 2.24) is 15.0 Å². The third-order valence-corrected chi connectivity index (χ3v) is 2.73. The molecular formula is C13H13Cl2N3O. The number of aliphatic hydroxyl groups is 1. The highest BCUT2D eigenvalue weighted by atomic mass is 35.5. The lowest BCUT2D eigenvalue weighted by Gasteiger charge is -2.05. The Balaban J connectivity index is 0.000000902. The molecule has 0 aliphatic heterocycles. The van der Waals surface area contributed by atoms with Crippen LogP contribution in [0.2, 0.25) is 0 Å². The molecule has 1 aromatic carbocycles. The van der Waals surface area contributed by atoms with Gasteiger partial charge in [0.1, 0.15) is 5.69 Å². The Bertz CT molecular complexity index is 656. The van der Waals surface area contributed by atoms with Gasteiger partial charge in [0.05, 0.1) is 24.1 Å². The van der Waals surface area contributed by atoms with Crippen LogP contribution in [0.1, 0.15) is 5.56 Å². The summed E-state index contributed by atoms with van der Waals surface area (Å²) >= 11 is 0. The van der Waals surface area contributed by atoms with Gasteiger partial charge in [-0.2, -0.15) is 0 Å². The van der Waals surface area contributed by atoms with Crippen molar-refractivity contribution < 1.29 is 5.11 Å². The Morgan fingerprint density at radius 1 is 1.11 bits per heavy atom. The zero-order valence-corrected chi connectivity index (χ0v) is 11.5. The standard InChI is InChI=1S/C13H11N3O.2ClH/c17-7-9-5-12(13-6-14-8-15-13)16-11-4-2-1-3-10(9)11;;/h1-6,8,17H,7H2,(H,14,15);2*1H. The maximum absolute atomic E-state index is 9.40. The first-order valence-electron chi connectivity index (χ1n) is 5.37. The van der Waals surface area contributed by atoms with Crippen LogP contribution in [-0.4, -0.2) is 20.1 Å². The van der Waals surface area contributed by atoms with Crippen LogP contribution in [-0.2, 0) is 6.61 Å². The number of aromatic nitrogens is 3. The highest BCUT2D eigenvalue weighted by Gasteiger charge is 2.07. The molecule has 2 N–H and O–H groups in total.